The second-order valence-corrected chi connectivity index (χ2v) is 15.1. The maximum atomic E-state index is 13.7. The van der Waals surface area contributed by atoms with Crippen molar-refractivity contribution in [2.45, 2.75) is 85.0 Å². The van der Waals surface area contributed by atoms with E-state index in [-0.39, 0.29) is 18.1 Å². The highest BCUT2D eigenvalue weighted by Crippen LogP contribution is 2.64. The number of ether oxygens (including phenoxy) is 4. The minimum atomic E-state index is -5.38. The number of anilines is 1. The topological polar surface area (TPSA) is 280 Å². The van der Waals surface area contributed by atoms with Gasteiger partial charge in [0, 0.05) is 13.8 Å². The number of hydrogen-bond donors (Lipinski definition) is 4. The summed E-state index contributed by atoms with van der Waals surface area (Å²) in [5.74, 6) is -1.06. The summed E-state index contributed by atoms with van der Waals surface area (Å²) in [6.07, 6.45) is -1.48. The average molecular weight is 819 g/mol. The monoisotopic (exact) mass is 818 g/mol. The standard InChI is InChI=1S/C32H44N4O17P2/c1-6-7-8-15-46-32(42)35-30-33-19-36(31(41)34-30)29-28(40)27(39)26(52-29)18-47-54(43,44)53-55(45,48-16-20(2)9-10-21(3)50-22(4)37)49-17-24-11-13-25(14-12-24)51-23(5)38/h9-14,19,26-29,39-40H,6-8,15-18H2,1-5H3,(H,43,44)(H,34,35,41,42)/b20-9+,21-10+/t26?,27-,28-,29?,55?/m1/s1. The molecule has 4 unspecified atom stereocenters. The fourth-order valence-electron chi connectivity index (χ4n) is 4.44. The number of aromatic nitrogens is 3. The number of aliphatic hydroxyl groups is 2. The first-order valence-corrected chi connectivity index (χ1v) is 19.6. The number of amides is 1. The molecule has 3 rings (SSSR count). The summed E-state index contributed by atoms with van der Waals surface area (Å²) >= 11 is 0. The van der Waals surface area contributed by atoms with Gasteiger partial charge in [-0.2, -0.15) is 9.29 Å². The zero-order valence-electron chi connectivity index (χ0n) is 30.6. The molecule has 4 N–H and O–H groups in total. The predicted octanol–water partition coefficient (Wildman–Crippen LogP) is 3.81. The number of rotatable bonds is 20. The van der Waals surface area contributed by atoms with Gasteiger partial charge in [0.25, 0.3) is 0 Å². The number of nitrogens with one attached hydrogen (secondary N) is 1. The highest BCUT2D eigenvalue weighted by Gasteiger charge is 2.46. The van der Waals surface area contributed by atoms with E-state index in [1.54, 1.807) is 0 Å². The molecule has 1 fully saturated rings. The Hall–Kier alpha value is -4.14. The van der Waals surface area contributed by atoms with Gasteiger partial charge in [0.15, 0.2) is 6.23 Å². The third-order valence-corrected chi connectivity index (χ3v) is 10.1. The number of carbonyl (C=O) groups excluding carboxylic acids is 3. The maximum Gasteiger partial charge on any atom is 0.484 e. The Morgan fingerprint density at radius 1 is 0.982 bits per heavy atom. The first kappa shape index (κ1) is 45.3. The molecule has 2 aromatic rings. The zero-order chi connectivity index (χ0) is 40.8. The summed E-state index contributed by atoms with van der Waals surface area (Å²) in [4.78, 5) is 65.0. The van der Waals surface area contributed by atoms with Gasteiger partial charge in [-0.05, 0) is 49.6 Å². The molecule has 0 aliphatic carbocycles. The second kappa shape index (κ2) is 21.2. The van der Waals surface area contributed by atoms with Crippen molar-refractivity contribution in [3.05, 3.63) is 70.1 Å². The lowest BCUT2D eigenvalue weighted by Gasteiger charge is -2.22. The molecule has 1 aliphatic heterocycles. The normalized spacial score (nSPS) is 20.9. The van der Waals surface area contributed by atoms with E-state index in [0.717, 1.165) is 19.2 Å². The third kappa shape index (κ3) is 15.5. The molecule has 2 heterocycles. The molecule has 1 amide bonds. The van der Waals surface area contributed by atoms with Gasteiger partial charge in [0.05, 0.1) is 26.4 Å². The molecule has 0 bridgehead atoms. The lowest BCUT2D eigenvalue weighted by atomic mass is 10.1. The molecule has 1 aliphatic rings. The van der Waals surface area contributed by atoms with Crippen LogP contribution in [0.3, 0.4) is 0 Å². The molecule has 55 heavy (non-hydrogen) atoms. The summed E-state index contributed by atoms with van der Waals surface area (Å²) in [6.45, 7) is 5.69. The quantitative estimate of drug-likeness (QED) is 0.0369. The molecular formula is C32H44N4O17P2. The predicted molar refractivity (Wildman–Crippen MR) is 189 cm³/mol. The van der Waals surface area contributed by atoms with Crippen LogP contribution >= 0.6 is 15.6 Å². The van der Waals surface area contributed by atoms with Crippen LogP contribution in [0.25, 0.3) is 0 Å². The molecular weight excluding hydrogens is 774 g/mol. The zero-order valence-corrected chi connectivity index (χ0v) is 32.4. The van der Waals surface area contributed by atoms with Gasteiger partial charge in [-0.1, -0.05) is 38.0 Å². The summed E-state index contributed by atoms with van der Waals surface area (Å²) in [6, 6.07) is 5.75. The molecule has 1 aromatic heterocycles. The molecule has 0 saturated carbocycles. The van der Waals surface area contributed by atoms with Crippen molar-refractivity contribution in [3.63, 3.8) is 0 Å². The molecule has 23 heteroatoms. The Morgan fingerprint density at radius 2 is 1.69 bits per heavy atom. The van der Waals surface area contributed by atoms with Gasteiger partial charge >= 0.3 is 39.4 Å². The minimum absolute atomic E-state index is 0.146. The summed E-state index contributed by atoms with van der Waals surface area (Å²) in [5.41, 5.74) is -0.314. The average Bonchev–Trinajstić information content (AvgIpc) is 3.38. The highest BCUT2D eigenvalue weighted by molar-refractivity contribution is 7.61. The van der Waals surface area contributed by atoms with Crippen LogP contribution in [-0.4, -0.2) is 85.8 Å². The summed E-state index contributed by atoms with van der Waals surface area (Å²) in [5, 5.41) is 23.4. The van der Waals surface area contributed by atoms with Crippen LogP contribution in [0, 0.1) is 0 Å². The molecule has 21 nitrogen and oxygen atoms in total. The first-order chi connectivity index (χ1) is 25.9. The van der Waals surface area contributed by atoms with E-state index >= 15 is 0 Å². The fourth-order valence-corrected chi connectivity index (χ4v) is 7.10. The van der Waals surface area contributed by atoms with Gasteiger partial charge < -0.3 is 34.1 Å². The number of allylic oxidation sites excluding steroid dienone is 3. The number of carbonyl (C=O) groups is 3. The Balaban J connectivity index is 1.69. The SMILES string of the molecule is CCCCCOC(=O)Nc1ncn(C2OC(COP(=O)(O)OP(=O)(OC/C(C)=C/C=C(\C)OC(C)=O)OCc3ccc(OC(C)=O)cc3)[C@@H](O)[C@H]2O)c(=O)n1. The molecule has 0 spiro atoms. The molecule has 0 radical (unpaired) electrons. The Morgan fingerprint density at radius 3 is 2.33 bits per heavy atom. The Kier molecular flexibility index (Phi) is 17.5. The van der Waals surface area contributed by atoms with Crippen molar-refractivity contribution in [2.75, 3.05) is 25.1 Å². The van der Waals surface area contributed by atoms with E-state index in [0.29, 0.717) is 22.1 Å². The number of hydrogen-bond acceptors (Lipinski definition) is 18. The third-order valence-electron chi connectivity index (χ3n) is 7.07. The van der Waals surface area contributed by atoms with Crippen LogP contribution in [0.1, 0.15) is 65.7 Å². The van der Waals surface area contributed by atoms with Crippen LogP contribution in [-0.2, 0) is 57.4 Å². The van der Waals surface area contributed by atoms with E-state index in [2.05, 4.69) is 15.3 Å². The Bertz CT molecular complexity index is 1850. The van der Waals surface area contributed by atoms with Crippen LogP contribution < -0.4 is 15.7 Å². The lowest BCUT2D eigenvalue weighted by Crippen LogP contribution is -2.36. The lowest BCUT2D eigenvalue weighted by molar-refractivity contribution is -0.136. The van der Waals surface area contributed by atoms with Crippen molar-refractivity contribution in [2.24, 2.45) is 0 Å². The number of unbranched alkanes of at least 4 members (excludes halogenated alkanes) is 2. The van der Waals surface area contributed by atoms with Gasteiger partial charge in [-0.15, -0.1) is 0 Å². The number of phosphoric acid groups is 2. The van der Waals surface area contributed by atoms with Crippen LogP contribution in [0.2, 0.25) is 0 Å². The van der Waals surface area contributed by atoms with E-state index in [9.17, 15) is 43.4 Å². The van der Waals surface area contributed by atoms with Gasteiger partial charge in [0.1, 0.15) is 36.1 Å². The summed E-state index contributed by atoms with van der Waals surface area (Å²) < 4.78 is 68.3. The summed E-state index contributed by atoms with van der Waals surface area (Å²) in [7, 11) is -10.3. The van der Waals surface area contributed by atoms with Crippen molar-refractivity contribution >= 4 is 39.6 Å². The van der Waals surface area contributed by atoms with Crippen LogP contribution in [0.5, 0.6) is 5.75 Å². The van der Waals surface area contributed by atoms with Crippen LogP contribution in [0.4, 0.5) is 10.7 Å². The van der Waals surface area contributed by atoms with Crippen molar-refractivity contribution < 1.29 is 75.4 Å². The molecule has 6 atom stereocenters. The second-order valence-electron chi connectivity index (χ2n) is 11.8. The largest absolute Gasteiger partial charge is 0.484 e. The van der Waals surface area contributed by atoms with Crippen molar-refractivity contribution in [1.29, 1.82) is 0 Å². The number of nitrogens with zero attached hydrogens (tertiary/aromatic N) is 3. The maximum absolute atomic E-state index is 13.7. The number of phosphoric ester groups is 2. The van der Waals surface area contributed by atoms with Gasteiger partial charge in [-0.3, -0.25) is 33.0 Å². The van der Waals surface area contributed by atoms with Crippen LogP contribution in [0.15, 0.2) is 58.9 Å². The van der Waals surface area contributed by atoms with Crippen molar-refractivity contribution in [1.82, 2.24) is 14.5 Å². The van der Waals surface area contributed by atoms with E-state index in [4.69, 9.17) is 36.8 Å². The molecule has 304 valence electrons. The Labute approximate surface area is 315 Å². The van der Waals surface area contributed by atoms with E-state index < -0.39 is 89.7 Å². The smallest absolute Gasteiger partial charge is 0.449 e. The van der Waals surface area contributed by atoms with Gasteiger partial charge in [-0.25, -0.2) is 23.7 Å². The minimum Gasteiger partial charge on any atom is -0.449 e. The van der Waals surface area contributed by atoms with E-state index in [1.807, 2.05) is 6.92 Å². The number of aliphatic hydroxyl groups excluding tert-OH is 2. The number of esters is 2. The first-order valence-electron chi connectivity index (χ1n) is 16.7. The molecule has 1 saturated heterocycles. The van der Waals surface area contributed by atoms with Crippen molar-refractivity contribution in [3.8, 4) is 5.75 Å². The number of benzene rings is 1. The van der Waals surface area contributed by atoms with E-state index in [1.165, 1.54) is 64.1 Å². The highest BCUT2D eigenvalue weighted by atomic mass is 31.3. The fraction of sp³-hybridized carbons (Fsp3) is 0.500. The van der Waals surface area contributed by atoms with Gasteiger partial charge in [0.2, 0.25) is 5.95 Å². The molecule has 1 aromatic carbocycles.